The Labute approximate surface area is 252 Å². The summed E-state index contributed by atoms with van der Waals surface area (Å²) in [5.74, 6) is -0.736. The number of nitrogens with one attached hydrogen (secondary N) is 3. The first-order valence-electron chi connectivity index (χ1n) is 13.6. The predicted molar refractivity (Wildman–Crippen MR) is 167 cm³/mol. The van der Waals surface area contributed by atoms with Crippen LogP contribution in [0.3, 0.4) is 0 Å². The summed E-state index contributed by atoms with van der Waals surface area (Å²) in [6, 6.07) is 13.1. The molecule has 5 aromatic heterocycles. The SMILES string of the molecule is CC(C)(C)C(=O)Nc1cncc(-c2ccc3[nH]nc(-c4cc5c(-c6cc(F)cc(C(N)S(C)(=O)=O)c6)ccnc5[nH]4)c3n2)c1. The van der Waals surface area contributed by atoms with Crippen molar-refractivity contribution in [2.45, 2.75) is 26.1 Å². The number of nitrogens with two attached hydrogens (primary N) is 1. The van der Waals surface area contributed by atoms with Crippen molar-refractivity contribution in [1.82, 2.24) is 30.1 Å². The van der Waals surface area contributed by atoms with Gasteiger partial charge in [-0.05, 0) is 65.2 Å². The number of aromatic nitrogens is 6. The fraction of sp³-hybridized carbons (Fsp3) is 0.194. The molecule has 6 rings (SSSR count). The largest absolute Gasteiger partial charge is 0.338 e. The monoisotopic (exact) mass is 612 g/mol. The van der Waals surface area contributed by atoms with Crippen LogP contribution in [0, 0.1) is 11.2 Å². The molecular formula is C31H29FN8O3S. The minimum atomic E-state index is -3.65. The third-order valence-corrected chi connectivity index (χ3v) is 8.38. The minimum absolute atomic E-state index is 0.128. The number of hydrogen-bond acceptors (Lipinski definition) is 8. The van der Waals surface area contributed by atoms with Crippen LogP contribution in [-0.2, 0) is 14.6 Å². The molecule has 1 aromatic carbocycles. The lowest BCUT2D eigenvalue weighted by molar-refractivity contribution is -0.123. The van der Waals surface area contributed by atoms with Crippen molar-refractivity contribution in [1.29, 1.82) is 0 Å². The van der Waals surface area contributed by atoms with Gasteiger partial charge >= 0.3 is 0 Å². The lowest BCUT2D eigenvalue weighted by Gasteiger charge is -2.17. The Bertz CT molecular complexity index is 2180. The second kappa shape index (κ2) is 10.6. The molecule has 0 aliphatic heterocycles. The highest BCUT2D eigenvalue weighted by Gasteiger charge is 2.23. The lowest BCUT2D eigenvalue weighted by Crippen LogP contribution is -2.27. The van der Waals surface area contributed by atoms with Gasteiger partial charge in [-0.1, -0.05) is 20.8 Å². The number of aromatic amines is 2. The molecule has 224 valence electrons. The maximum absolute atomic E-state index is 14.7. The Balaban J connectivity index is 1.40. The summed E-state index contributed by atoms with van der Waals surface area (Å²) in [4.78, 5) is 29.4. The summed E-state index contributed by atoms with van der Waals surface area (Å²) >= 11 is 0. The molecule has 13 heteroatoms. The van der Waals surface area contributed by atoms with Crippen molar-refractivity contribution in [3.05, 3.63) is 78.5 Å². The van der Waals surface area contributed by atoms with Crippen LogP contribution in [0.5, 0.6) is 0 Å². The zero-order valence-electron chi connectivity index (χ0n) is 24.3. The van der Waals surface area contributed by atoms with E-state index in [0.29, 0.717) is 61.5 Å². The van der Waals surface area contributed by atoms with Crippen LogP contribution in [0.1, 0.15) is 31.7 Å². The molecule has 0 aliphatic rings. The van der Waals surface area contributed by atoms with Crippen LogP contribution in [0.25, 0.3) is 55.8 Å². The van der Waals surface area contributed by atoms with Gasteiger partial charge in [-0.25, -0.2) is 22.8 Å². The number of benzene rings is 1. The van der Waals surface area contributed by atoms with Gasteiger partial charge in [0.25, 0.3) is 0 Å². The average molecular weight is 613 g/mol. The van der Waals surface area contributed by atoms with Gasteiger partial charge in [0.1, 0.15) is 28.0 Å². The number of sulfone groups is 1. The number of carbonyl (C=O) groups excluding carboxylic acids is 1. The minimum Gasteiger partial charge on any atom is -0.338 e. The molecule has 5 heterocycles. The topological polar surface area (TPSA) is 172 Å². The third kappa shape index (κ3) is 5.54. The van der Waals surface area contributed by atoms with E-state index in [1.54, 1.807) is 30.7 Å². The summed E-state index contributed by atoms with van der Waals surface area (Å²) in [5, 5.41) is 9.71. The number of nitrogens with zero attached hydrogens (tertiary/aromatic N) is 4. The Morgan fingerprint density at radius 2 is 1.84 bits per heavy atom. The number of halogens is 1. The van der Waals surface area contributed by atoms with E-state index in [0.717, 1.165) is 12.3 Å². The van der Waals surface area contributed by atoms with E-state index in [4.69, 9.17) is 10.7 Å². The van der Waals surface area contributed by atoms with Crippen molar-refractivity contribution in [3.8, 4) is 33.8 Å². The van der Waals surface area contributed by atoms with Crippen molar-refractivity contribution in [3.63, 3.8) is 0 Å². The molecule has 1 atom stereocenters. The Morgan fingerprint density at radius 3 is 2.59 bits per heavy atom. The number of hydrogen-bond donors (Lipinski definition) is 4. The van der Waals surface area contributed by atoms with Crippen LogP contribution in [0.15, 0.2) is 67.1 Å². The van der Waals surface area contributed by atoms with Gasteiger partial charge in [0.2, 0.25) is 5.91 Å². The number of amides is 1. The summed E-state index contributed by atoms with van der Waals surface area (Å²) in [6.45, 7) is 5.51. The molecule has 1 unspecified atom stereocenters. The zero-order chi connectivity index (χ0) is 31.4. The first kappa shape index (κ1) is 29.1. The van der Waals surface area contributed by atoms with E-state index >= 15 is 0 Å². The van der Waals surface area contributed by atoms with Gasteiger partial charge < -0.3 is 16.0 Å². The number of carbonyl (C=O) groups is 1. The molecule has 0 fully saturated rings. The zero-order valence-corrected chi connectivity index (χ0v) is 25.1. The number of H-pyrrole nitrogens is 2. The van der Waals surface area contributed by atoms with Gasteiger partial charge in [-0.15, -0.1) is 0 Å². The number of rotatable bonds is 6. The summed E-state index contributed by atoms with van der Waals surface area (Å²) in [5.41, 5.74) is 11.4. The van der Waals surface area contributed by atoms with Crippen molar-refractivity contribution in [2.75, 3.05) is 11.6 Å². The Hall–Kier alpha value is -5.01. The van der Waals surface area contributed by atoms with Gasteiger partial charge in [0, 0.05) is 35.0 Å². The number of anilines is 1. The smallest absolute Gasteiger partial charge is 0.229 e. The highest BCUT2D eigenvalue weighted by molar-refractivity contribution is 7.90. The first-order chi connectivity index (χ1) is 20.8. The molecule has 0 saturated carbocycles. The molecule has 5 N–H and O–H groups in total. The fourth-order valence-corrected chi connectivity index (χ4v) is 5.43. The molecule has 0 bridgehead atoms. The second-order valence-corrected chi connectivity index (χ2v) is 13.8. The quantitative estimate of drug-likeness (QED) is 0.195. The number of fused-ring (bicyclic) bond motifs is 2. The van der Waals surface area contributed by atoms with Crippen molar-refractivity contribution >= 4 is 43.5 Å². The maximum Gasteiger partial charge on any atom is 0.229 e. The van der Waals surface area contributed by atoms with Crippen LogP contribution >= 0.6 is 0 Å². The van der Waals surface area contributed by atoms with Crippen LogP contribution in [0.4, 0.5) is 10.1 Å². The number of pyridine rings is 3. The molecule has 0 spiro atoms. The Kier molecular flexibility index (Phi) is 7.01. The molecule has 44 heavy (non-hydrogen) atoms. The van der Waals surface area contributed by atoms with Gasteiger partial charge in [-0.3, -0.25) is 14.9 Å². The van der Waals surface area contributed by atoms with E-state index < -0.39 is 26.4 Å². The molecule has 0 saturated heterocycles. The van der Waals surface area contributed by atoms with E-state index in [2.05, 4.69) is 30.5 Å². The van der Waals surface area contributed by atoms with Gasteiger partial charge in [-0.2, -0.15) is 5.10 Å². The third-order valence-electron chi connectivity index (χ3n) is 7.19. The summed E-state index contributed by atoms with van der Waals surface area (Å²) in [7, 11) is -3.65. The molecule has 0 radical (unpaired) electrons. The first-order valence-corrected chi connectivity index (χ1v) is 15.6. The standard InChI is InChI=1S/C31H29FN8O3S/c1-31(2,3)30(41)36-20-12-18(14-34-15-20)23-5-6-24-26(37-23)27(40-39-24)25-13-22-21(7-8-35-29(22)38-25)16-9-17(11-19(32)10-16)28(33)44(4,42)43/h5-15,28H,33H2,1-4H3,(H,35,38)(H,36,41)(H,39,40). The van der Waals surface area contributed by atoms with Crippen molar-refractivity contribution < 1.29 is 17.6 Å². The van der Waals surface area contributed by atoms with Crippen LogP contribution in [0.2, 0.25) is 0 Å². The van der Waals surface area contributed by atoms with Crippen LogP contribution < -0.4 is 11.1 Å². The average Bonchev–Trinajstić information content (AvgIpc) is 3.59. The van der Waals surface area contributed by atoms with E-state index in [1.807, 2.05) is 45.0 Å². The highest BCUT2D eigenvalue weighted by Crippen LogP contribution is 2.35. The molecule has 6 aromatic rings. The highest BCUT2D eigenvalue weighted by atomic mass is 32.2. The summed E-state index contributed by atoms with van der Waals surface area (Å²) < 4.78 is 38.8. The van der Waals surface area contributed by atoms with E-state index in [-0.39, 0.29) is 11.5 Å². The molecule has 0 aliphatic carbocycles. The lowest BCUT2D eigenvalue weighted by atomic mass is 9.95. The normalized spacial score (nSPS) is 13.0. The summed E-state index contributed by atoms with van der Waals surface area (Å²) in [6.07, 6.45) is 5.84. The van der Waals surface area contributed by atoms with Crippen molar-refractivity contribution in [2.24, 2.45) is 11.1 Å². The van der Waals surface area contributed by atoms with Gasteiger partial charge in [0.15, 0.2) is 9.84 Å². The fourth-order valence-electron chi connectivity index (χ4n) is 4.80. The van der Waals surface area contributed by atoms with Gasteiger partial charge in [0.05, 0.1) is 28.8 Å². The van der Waals surface area contributed by atoms with E-state index in [1.165, 1.54) is 6.07 Å². The maximum atomic E-state index is 14.7. The molecule has 1 amide bonds. The molecule has 11 nitrogen and oxygen atoms in total. The van der Waals surface area contributed by atoms with E-state index in [9.17, 15) is 17.6 Å². The molecular weight excluding hydrogens is 583 g/mol. The van der Waals surface area contributed by atoms with Crippen LogP contribution in [-0.4, -0.2) is 50.7 Å². The predicted octanol–water partition coefficient (Wildman–Crippen LogP) is 5.36. The second-order valence-electron chi connectivity index (χ2n) is 11.7. The Morgan fingerprint density at radius 1 is 1.05 bits per heavy atom.